The van der Waals surface area contributed by atoms with E-state index in [0.29, 0.717) is 42.6 Å². The first-order valence-electron chi connectivity index (χ1n) is 9.34. The first kappa shape index (κ1) is 18.3. The molecule has 1 N–H and O–H groups in total. The van der Waals surface area contributed by atoms with Crippen LogP contribution in [0.25, 0.3) is 0 Å². The van der Waals surface area contributed by atoms with Gasteiger partial charge in [-0.2, -0.15) is 4.31 Å². The van der Waals surface area contributed by atoms with E-state index < -0.39 is 15.4 Å². The Morgan fingerprint density at radius 3 is 2.69 bits per heavy atom. The van der Waals surface area contributed by atoms with E-state index in [4.69, 9.17) is 14.2 Å². The standard InChI is InChI=1S/C20H20N2O6S/c1-26-13-2-4-16-15(10-13)20(19(23)21-16)6-7-22(12-20)29(24,25)14-3-5-17-18(11-14)28-9-8-27-17/h2-5,10-11H,6-9,12H2,1H3,(H,21,23)/t20-/m1/s1. The number of anilines is 1. The van der Waals surface area contributed by atoms with Crippen LogP contribution in [0.2, 0.25) is 0 Å². The molecule has 0 radical (unpaired) electrons. The number of benzene rings is 2. The highest BCUT2D eigenvalue weighted by atomic mass is 32.2. The maximum Gasteiger partial charge on any atom is 0.243 e. The second kappa shape index (κ2) is 6.36. The number of amides is 1. The molecule has 2 aromatic rings. The molecule has 3 aliphatic heterocycles. The summed E-state index contributed by atoms with van der Waals surface area (Å²) in [5, 5.41) is 2.88. The highest BCUT2D eigenvalue weighted by Gasteiger charge is 2.53. The maximum absolute atomic E-state index is 13.3. The molecule has 2 aromatic carbocycles. The molecule has 152 valence electrons. The van der Waals surface area contributed by atoms with Gasteiger partial charge >= 0.3 is 0 Å². The first-order chi connectivity index (χ1) is 13.9. The van der Waals surface area contributed by atoms with Crippen LogP contribution in [-0.2, 0) is 20.2 Å². The summed E-state index contributed by atoms with van der Waals surface area (Å²) in [6.45, 7) is 1.14. The molecule has 8 nitrogen and oxygen atoms in total. The molecular weight excluding hydrogens is 396 g/mol. The molecule has 1 amide bonds. The van der Waals surface area contributed by atoms with E-state index in [1.807, 2.05) is 6.07 Å². The van der Waals surface area contributed by atoms with Crippen LogP contribution in [-0.4, -0.2) is 52.0 Å². The number of nitrogens with zero attached hydrogens (tertiary/aromatic N) is 1. The molecule has 0 bridgehead atoms. The third-order valence-corrected chi connectivity index (χ3v) is 7.65. The van der Waals surface area contributed by atoms with Crippen molar-refractivity contribution in [1.29, 1.82) is 0 Å². The fourth-order valence-electron chi connectivity index (χ4n) is 4.24. The van der Waals surface area contributed by atoms with Gasteiger partial charge in [-0.3, -0.25) is 4.79 Å². The summed E-state index contributed by atoms with van der Waals surface area (Å²) in [5.74, 6) is 1.40. The van der Waals surface area contributed by atoms with Crippen LogP contribution < -0.4 is 19.5 Å². The van der Waals surface area contributed by atoms with Gasteiger partial charge in [0.2, 0.25) is 15.9 Å². The number of sulfonamides is 1. The Labute approximate surface area is 168 Å². The summed E-state index contributed by atoms with van der Waals surface area (Å²) in [6.07, 6.45) is 0.406. The Kier molecular flexibility index (Phi) is 4.01. The van der Waals surface area contributed by atoms with Crippen molar-refractivity contribution in [3.63, 3.8) is 0 Å². The van der Waals surface area contributed by atoms with Crippen LogP contribution in [0.3, 0.4) is 0 Å². The Morgan fingerprint density at radius 2 is 1.90 bits per heavy atom. The van der Waals surface area contributed by atoms with Crippen molar-refractivity contribution in [2.24, 2.45) is 0 Å². The largest absolute Gasteiger partial charge is 0.497 e. The fraction of sp³-hybridized carbons (Fsp3) is 0.350. The third-order valence-electron chi connectivity index (χ3n) is 5.81. The Morgan fingerprint density at radius 1 is 1.10 bits per heavy atom. The number of nitrogens with one attached hydrogen (secondary N) is 1. The topological polar surface area (TPSA) is 94.2 Å². The maximum atomic E-state index is 13.3. The van der Waals surface area contributed by atoms with E-state index >= 15 is 0 Å². The lowest BCUT2D eigenvalue weighted by Crippen LogP contribution is -2.39. The van der Waals surface area contributed by atoms with Crippen molar-refractivity contribution < 1.29 is 27.4 Å². The lowest BCUT2D eigenvalue weighted by molar-refractivity contribution is -0.120. The van der Waals surface area contributed by atoms with Gasteiger partial charge in [-0.05, 0) is 42.3 Å². The third kappa shape index (κ3) is 2.68. The smallest absolute Gasteiger partial charge is 0.243 e. The van der Waals surface area contributed by atoms with Gasteiger partial charge in [-0.15, -0.1) is 0 Å². The highest BCUT2D eigenvalue weighted by Crippen LogP contribution is 2.47. The van der Waals surface area contributed by atoms with Crippen LogP contribution in [0.1, 0.15) is 12.0 Å². The van der Waals surface area contributed by atoms with Crippen molar-refractivity contribution in [2.45, 2.75) is 16.7 Å². The number of carbonyl (C=O) groups is 1. The SMILES string of the molecule is COc1ccc2c(c1)[C@]1(CCN(S(=O)(=O)c3ccc4c(c3)OCCO4)C1)C(=O)N2. The van der Waals surface area contributed by atoms with Gasteiger partial charge in [0.05, 0.1) is 17.4 Å². The molecule has 9 heteroatoms. The summed E-state index contributed by atoms with van der Waals surface area (Å²) in [7, 11) is -2.23. The lowest BCUT2D eigenvalue weighted by Gasteiger charge is -2.23. The van der Waals surface area contributed by atoms with Crippen LogP contribution in [0.5, 0.6) is 17.2 Å². The highest BCUT2D eigenvalue weighted by molar-refractivity contribution is 7.89. The quantitative estimate of drug-likeness (QED) is 0.819. The van der Waals surface area contributed by atoms with E-state index in [1.54, 1.807) is 25.3 Å². The minimum atomic E-state index is -3.79. The predicted octanol–water partition coefficient (Wildman–Crippen LogP) is 1.75. The molecule has 1 spiro atoms. The van der Waals surface area contributed by atoms with Crippen LogP contribution in [0, 0.1) is 0 Å². The monoisotopic (exact) mass is 416 g/mol. The number of fused-ring (bicyclic) bond motifs is 3. The minimum absolute atomic E-state index is 0.0791. The Bertz CT molecular complexity index is 1120. The van der Waals surface area contributed by atoms with Gasteiger partial charge in [0.1, 0.15) is 19.0 Å². The van der Waals surface area contributed by atoms with Gasteiger partial charge in [-0.1, -0.05) is 0 Å². The summed E-state index contributed by atoms with van der Waals surface area (Å²) in [6, 6.07) is 9.98. The van der Waals surface area contributed by atoms with Gasteiger partial charge in [0.15, 0.2) is 11.5 Å². The van der Waals surface area contributed by atoms with Gasteiger partial charge in [0.25, 0.3) is 0 Å². The van der Waals surface area contributed by atoms with Gasteiger partial charge in [0, 0.05) is 24.8 Å². The zero-order valence-corrected chi connectivity index (χ0v) is 16.6. The molecule has 5 rings (SSSR count). The summed E-state index contributed by atoms with van der Waals surface area (Å²) in [5.41, 5.74) is 0.571. The molecule has 0 saturated carbocycles. The molecule has 0 aliphatic carbocycles. The van der Waals surface area contributed by atoms with Crippen molar-refractivity contribution in [1.82, 2.24) is 4.31 Å². The van der Waals surface area contributed by atoms with Gasteiger partial charge < -0.3 is 19.5 Å². The molecule has 3 heterocycles. The van der Waals surface area contributed by atoms with E-state index in [2.05, 4.69) is 5.32 Å². The Balaban J connectivity index is 1.49. The predicted molar refractivity (Wildman–Crippen MR) is 104 cm³/mol. The number of carbonyl (C=O) groups excluding carboxylic acids is 1. The molecule has 0 unspecified atom stereocenters. The van der Waals surface area contributed by atoms with Crippen molar-refractivity contribution in [2.75, 3.05) is 38.7 Å². The summed E-state index contributed by atoms with van der Waals surface area (Å²) in [4.78, 5) is 13.0. The average molecular weight is 416 g/mol. The minimum Gasteiger partial charge on any atom is -0.497 e. The molecule has 1 fully saturated rings. The normalized spacial score (nSPS) is 23.1. The fourth-order valence-corrected chi connectivity index (χ4v) is 5.75. The summed E-state index contributed by atoms with van der Waals surface area (Å²) < 4.78 is 44.2. The number of hydrogen-bond donors (Lipinski definition) is 1. The number of ether oxygens (including phenoxy) is 3. The second-order valence-corrected chi connectivity index (χ2v) is 9.28. The molecular formula is C20H20N2O6S. The van der Waals surface area contributed by atoms with Gasteiger partial charge in [-0.25, -0.2) is 8.42 Å². The van der Waals surface area contributed by atoms with Crippen molar-refractivity contribution >= 4 is 21.6 Å². The van der Waals surface area contributed by atoms with Crippen LogP contribution in [0.4, 0.5) is 5.69 Å². The molecule has 29 heavy (non-hydrogen) atoms. The number of hydrogen-bond acceptors (Lipinski definition) is 6. The van der Waals surface area contributed by atoms with E-state index in [-0.39, 0.29) is 23.9 Å². The van der Waals surface area contributed by atoms with E-state index in [9.17, 15) is 13.2 Å². The van der Waals surface area contributed by atoms with E-state index in [1.165, 1.54) is 16.4 Å². The van der Waals surface area contributed by atoms with Crippen LogP contribution >= 0.6 is 0 Å². The van der Waals surface area contributed by atoms with Crippen molar-refractivity contribution in [3.8, 4) is 17.2 Å². The number of rotatable bonds is 3. The van der Waals surface area contributed by atoms with Crippen molar-refractivity contribution in [3.05, 3.63) is 42.0 Å². The summed E-state index contributed by atoms with van der Waals surface area (Å²) >= 11 is 0. The average Bonchev–Trinajstić information content (AvgIpc) is 3.31. The van der Waals surface area contributed by atoms with E-state index in [0.717, 1.165) is 5.56 Å². The van der Waals surface area contributed by atoms with Crippen LogP contribution in [0.15, 0.2) is 41.3 Å². The zero-order chi connectivity index (χ0) is 20.2. The zero-order valence-electron chi connectivity index (χ0n) is 15.8. The molecule has 3 aliphatic rings. The Hall–Kier alpha value is -2.78. The first-order valence-corrected chi connectivity index (χ1v) is 10.8. The number of methoxy groups -OCH3 is 1. The second-order valence-electron chi connectivity index (χ2n) is 7.34. The molecule has 1 saturated heterocycles. The molecule has 0 aromatic heterocycles. The molecule has 1 atom stereocenters. The lowest BCUT2D eigenvalue weighted by atomic mass is 9.81.